The molecule has 6 aromatic rings. The number of anilines is 2. The second kappa shape index (κ2) is 25.1. The van der Waals surface area contributed by atoms with Crippen molar-refractivity contribution in [1.29, 1.82) is 0 Å². The fraction of sp³-hybridized carbons (Fsp3) is 0.236. The van der Waals surface area contributed by atoms with Gasteiger partial charge in [0.15, 0.2) is 0 Å². The number of carbonyl (C=O) groups excluding carboxylic acids is 4. The first-order valence-corrected chi connectivity index (χ1v) is 23.2. The summed E-state index contributed by atoms with van der Waals surface area (Å²) < 4.78 is 22.6. The molecule has 2 aliphatic rings. The molecule has 366 valence electrons. The molecule has 0 bridgehead atoms. The topological polar surface area (TPSA) is 210 Å². The zero-order chi connectivity index (χ0) is 50.0. The maximum absolute atomic E-state index is 12.6. The van der Waals surface area contributed by atoms with E-state index in [2.05, 4.69) is 10.6 Å². The zero-order valence-corrected chi connectivity index (χ0v) is 38.8. The number of benzene rings is 6. The number of amides is 4. The van der Waals surface area contributed by atoms with Crippen LogP contribution in [0.4, 0.5) is 21.0 Å². The van der Waals surface area contributed by atoms with Gasteiger partial charge >= 0.3 is 24.1 Å². The minimum atomic E-state index is -0.971. The van der Waals surface area contributed by atoms with Gasteiger partial charge in [-0.3, -0.25) is 14.4 Å². The third kappa shape index (κ3) is 15.7. The molecule has 71 heavy (non-hydrogen) atoms. The molecule has 4 amide bonds. The largest absolute Gasteiger partial charge is 0.493 e. The number of aliphatic carboxylic acids is 1. The summed E-state index contributed by atoms with van der Waals surface area (Å²) in [4.78, 5) is 74.7. The Morgan fingerprint density at radius 2 is 0.817 bits per heavy atom. The monoisotopic (exact) mass is 962 g/mol. The lowest BCUT2D eigenvalue weighted by Crippen LogP contribution is -2.41. The van der Waals surface area contributed by atoms with Crippen LogP contribution in [-0.4, -0.2) is 95.3 Å². The predicted molar refractivity (Wildman–Crippen MR) is 264 cm³/mol. The Labute approximate surface area is 410 Å². The minimum absolute atomic E-state index is 0.0101. The smallest absolute Gasteiger partial charge is 0.415 e. The van der Waals surface area contributed by atoms with Gasteiger partial charge in [0, 0.05) is 48.7 Å². The highest BCUT2D eigenvalue weighted by molar-refractivity contribution is 6.05. The van der Waals surface area contributed by atoms with E-state index in [1.54, 1.807) is 143 Å². The summed E-state index contributed by atoms with van der Waals surface area (Å²) in [5.41, 5.74) is 3.30. The van der Waals surface area contributed by atoms with Crippen molar-refractivity contribution in [2.24, 2.45) is 11.8 Å². The van der Waals surface area contributed by atoms with E-state index < -0.39 is 24.1 Å². The van der Waals surface area contributed by atoms with Crippen LogP contribution >= 0.6 is 0 Å². The molecule has 16 heteroatoms. The number of hydrogen-bond donors (Lipinski definition) is 4. The third-order valence-corrected chi connectivity index (χ3v) is 11.8. The molecule has 0 unspecified atom stereocenters. The highest BCUT2D eigenvalue weighted by atomic mass is 16.6. The highest BCUT2D eigenvalue weighted by Crippen LogP contribution is 2.25. The summed E-state index contributed by atoms with van der Waals surface area (Å²) in [6.45, 7) is 3.33. The van der Waals surface area contributed by atoms with Gasteiger partial charge in [-0.2, -0.15) is 0 Å². The van der Waals surface area contributed by atoms with Gasteiger partial charge in [-0.1, -0.05) is 48.5 Å². The summed E-state index contributed by atoms with van der Waals surface area (Å²) in [5.74, 6) is 0.514. The van der Waals surface area contributed by atoms with Crippen LogP contribution in [0.1, 0.15) is 62.3 Å². The lowest BCUT2D eigenvalue weighted by atomic mass is 9.98. The van der Waals surface area contributed by atoms with Crippen molar-refractivity contribution >= 4 is 47.3 Å². The fourth-order valence-corrected chi connectivity index (χ4v) is 7.69. The van der Waals surface area contributed by atoms with Crippen LogP contribution in [0, 0.1) is 11.8 Å². The third-order valence-electron chi connectivity index (χ3n) is 11.8. The molecule has 2 heterocycles. The van der Waals surface area contributed by atoms with Crippen molar-refractivity contribution in [3.8, 4) is 23.0 Å². The predicted octanol–water partition coefficient (Wildman–Crippen LogP) is 9.78. The Bertz CT molecular complexity index is 2700. The first kappa shape index (κ1) is 50.2. The van der Waals surface area contributed by atoms with Gasteiger partial charge in [-0.15, -0.1) is 0 Å². The molecule has 2 aliphatic heterocycles. The molecular weight excluding hydrogens is 909 g/mol. The van der Waals surface area contributed by atoms with E-state index in [1.807, 2.05) is 12.1 Å². The maximum Gasteiger partial charge on any atom is 0.415 e. The maximum atomic E-state index is 12.6. The zero-order valence-electron chi connectivity index (χ0n) is 38.8. The molecule has 16 nitrogen and oxygen atoms in total. The van der Waals surface area contributed by atoms with Crippen LogP contribution in [0.25, 0.3) is 0 Å². The van der Waals surface area contributed by atoms with Gasteiger partial charge in [-0.05, 0) is 152 Å². The van der Waals surface area contributed by atoms with Crippen molar-refractivity contribution in [1.82, 2.24) is 9.80 Å². The number of piperidine rings is 2. The molecule has 4 N–H and O–H groups in total. The van der Waals surface area contributed by atoms with Gasteiger partial charge in [0.1, 0.15) is 23.0 Å². The molecule has 0 spiro atoms. The van der Waals surface area contributed by atoms with Crippen molar-refractivity contribution < 1.29 is 57.9 Å². The van der Waals surface area contributed by atoms with Gasteiger partial charge < -0.3 is 49.6 Å². The average Bonchev–Trinajstić information content (AvgIpc) is 3.40. The van der Waals surface area contributed by atoms with Gasteiger partial charge in [0.05, 0.1) is 25.2 Å². The Balaban J connectivity index is 0.000000209. The quantitative estimate of drug-likeness (QED) is 0.0758. The Hall–Kier alpha value is -8.66. The number of aromatic carboxylic acids is 1. The second-order valence-corrected chi connectivity index (χ2v) is 17.0. The number of ether oxygens (including phenoxy) is 4. The van der Waals surface area contributed by atoms with Crippen LogP contribution in [-0.2, 0) is 11.2 Å². The van der Waals surface area contributed by atoms with E-state index in [0.29, 0.717) is 96.7 Å². The van der Waals surface area contributed by atoms with E-state index in [0.717, 1.165) is 31.2 Å². The second-order valence-electron chi connectivity index (χ2n) is 17.0. The van der Waals surface area contributed by atoms with Crippen LogP contribution in [0.3, 0.4) is 0 Å². The van der Waals surface area contributed by atoms with Crippen LogP contribution in [0.2, 0.25) is 0 Å². The molecule has 0 saturated carbocycles. The standard InChI is InChI=1S/C28H28N2O6.C27H26N2O6/c31-26(32)18-20-6-10-24(11-7-20)35-19-21-14-16-30(17-15-21)28(34)36-25-12-8-23(9-13-25)29-27(33)22-4-2-1-3-5-22;30-25(20-4-2-1-3-5-20)28-22-8-12-24(13-9-22)35-27(33)29-16-14-19(15-17-29)18-34-23-10-6-21(7-11-23)26(31)32/h1-13,21H,14-19H2,(H,29,33)(H,31,32);1-13,19H,14-18H2,(H,28,30)(H,31,32). The molecular formula is C55H54N4O12. The number of carboxylic acids is 2. The van der Waals surface area contributed by atoms with E-state index in [4.69, 9.17) is 29.2 Å². The lowest BCUT2D eigenvalue weighted by molar-refractivity contribution is -0.136. The summed E-state index contributed by atoms with van der Waals surface area (Å²) in [6.07, 6.45) is 2.36. The number of nitrogens with zero attached hydrogens (tertiary/aromatic N) is 2. The van der Waals surface area contributed by atoms with Gasteiger partial charge in [0.2, 0.25) is 0 Å². The molecule has 8 rings (SSSR count). The number of likely N-dealkylation sites (tertiary alicyclic amines) is 2. The summed E-state index contributed by atoms with van der Waals surface area (Å²) in [7, 11) is 0. The molecule has 2 saturated heterocycles. The Morgan fingerprint density at radius 3 is 1.18 bits per heavy atom. The van der Waals surface area contributed by atoms with Crippen molar-refractivity contribution in [2.45, 2.75) is 32.1 Å². The minimum Gasteiger partial charge on any atom is -0.493 e. The lowest BCUT2D eigenvalue weighted by Gasteiger charge is -2.31. The fourth-order valence-electron chi connectivity index (χ4n) is 7.69. The van der Waals surface area contributed by atoms with E-state index in [1.165, 1.54) is 12.1 Å². The number of hydrogen-bond acceptors (Lipinski definition) is 10. The van der Waals surface area contributed by atoms with E-state index in [9.17, 15) is 28.8 Å². The van der Waals surface area contributed by atoms with Crippen LogP contribution in [0.5, 0.6) is 23.0 Å². The highest BCUT2D eigenvalue weighted by Gasteiger charge is 2.26. The molecule has 0 atom stereocenters. The Kier molecular flexibility index (Phi) is 17.8. The van der Waals surface area contributed by atoms with E-state index >= 15 is 0 Å². The molecule has 6 aromatic carbocycles. The van der Waals surface area contributed by atoms with Crippen molar-refractivity contribution in [2.75, 3.05) is 50.0 Å². The number of carboxylic acid groups (broad SMARTS) is 2. The van der Waals surface area contributed by atoms with Crippen molar-refractivity contribution in [3.63, 3.8) is 0 Å². The molecule has 0 radical (unpaired) electrons. The van der Waals surface area contributed by atoms with Gasteiger partial charge in [0.25, 0.3) is 11.8 Å². The summed E-state index contributed by atoms with van der Waals surface area (Å²) in [6, 6.07) is 44.6. The number of rotatable bonds is 15. The first-order chi connectivity index (χ1) is 34.4. The van der Waals surface area contributed by atoms with E-state index in [-0.39, 0.29) is 23.8 Å². The number of carbonyl (C=O) groups is 6. The summed E-state index contributed by atoms with van der Waals surface area (Å²) in [5, 5.41) is 23.4. The number of nitrogens with one attached hydrogen (secondary N) is 2. The molecule has 0 aliphatic carbocycles. The first-order valence-electron chi connectivity index (χ1n) is 23.2. The molecule has 2 fully saturated rings. The van der Waals surface area contributed by atoms with Crippen molar-refractivity contribution in [3.05, 3.63) is 180 Å². The normalized spacial score (nSPS) is 13.6. The van der Waals surface area contributed by atoms with Crippen LogP contribution < -0.4 is 29.6 Å². The summed E-state index contributed by atoms with van der Waals surface area (Å²) >= 11 is 0. The SMILES string of the molecule is O=C(O)Cc1ccc(OCC2CCN(C(=O)Oc3ccc(NC(=O)c4ccccc4)cc3)CC2)cc1.O=C(O)c1ccc(OCC2CCN(C(=O)Oc3ccc(NC(=O)c4ccccc4)cc3)CC2)cc1. The molecule has 0 aromatic heterocycles. The Morgan fingerprint density at radius 1 is 0.451 bits per heavy atom. The van der Waals surface area contributed by atoms with Gasteiger partial charge in [-0.25, -0.2) is 14.4 Å². The average molecular weight is 963 g/mol. The van der Waals surface area contributed by atoms with Crippen LogP contribution in [0.15, 0.2) is 158 Å².